The first-order valence-electron chi connectivity index (χ1n) is 6.36. The zero-order chi connectivity index (χ0) is 16.3. The second kappa shape index (κ2) is 6.41. The summed E-state index contributed by atoms with van der Waals surface area (Å²) in [6, 6.07) is 7.17. The average molecular weight is 309 g/mol. The Morgan fingerprint density at radius 1 is 1.10 bits per heavy atom. The van der Waals surface area contributed by atoms with Gasteiger partial charge in [-0.2, -0.15) is 22.0 Å². The molecule has 0 saturated heterocycles. The van der Waals surface area contributed by atoms with Crippen LogP contribution in [0.5, 0.6) is 0 Å². The lowest BCUT2D eigenvalue weighted by Gasteiger charge is -2.25. The number of halogens is 5. The maximum Gasteiger partial charge on any atom is 0.463 e. The van der Waals surface area contributed by atoms with E-state index in [0.717, 1.165) is 0 Å². The van der Waals surface area contributed by atoms with Gasteiger partial charge in [-0.1, -0.05) is 44.2 Å². The quantitative estimate of drug-likeness (QED) is 0.816. The fourth-order valence-corrected chi connectivity index (χ4v) is 1.81. The van der Waals surface area contributed by atoms with Gasteiger partial charge in [0.25, 0.3) is 0 Å². The fourth-order valence-electron chi connectivity index (χ4n) is 1.81. The van der Waals surface area contributed by atoms with Crippen LogP contribution in [-0.2, 0) is 4.79 Å². The lowest BCUT2D eigenvalue weighted by Crippen LogP contribution is -2.51. The highest BCUT2D eigenvalue weighted by atomic mass is 19.4. The van der Waals surface area contributed by atoms with Gasteiger partial charge < -0.3 is 5.32 Å². The molecule has 21 heavy (non-hydrogen) atoms. The van der Waals surface area contributed by atoms with E-state index in [0.29, 0.717) is 5.56 Å². The molecule has 1 aromatic rings. The lowest BCUT2D eigenvalue weighted by molar-refractivity contribution is -0.270. The van der Waals surface area contributed by atoms with Gasteiger partial charge in [-0.05, 0) is 17.9 Å². The summed E-state index contributed by atoms with van der Waals surface area (Å²) in [7, 11) is 0. The molecule has 1 unspecified atom stereocenters. The Morgan fingerprint density at radius 2 is 1.62 bits per heavy atom. The SMILES string of the molecule is CC(C)CC(NC(=O)C(F)(F)C(F)(F)F)c1ccccc1. The molecule has 0 aliphatic rings. The molecule has 0 bridgehead atoms. The van der Waals surface area contributed by atoms with E-state index in [1.54, 1.807) is 49.5 Å². The first-order chi connectivity index (χ1) is 9.55. The molecule has 0 aromatic heterocycles. The Hall–Kier alpha value is -1.66. The van der Waals surface area contributed by atoms with Crippen molar-refractivity contribution in [2.45, 2.75) is 38.4 Å². The van der Waals surface area contributed by atoms with Gasteiger partial charge in [-0.3, -0.25) is 4.79 Å². The molecular weight excluding hydrogens is 293 g/mol. The maximum absolute atomic E-state index is 13.0. The van der Waals surface area contributed by atoms with Gasteiger partial charge >= 0.3 is 18.0 Å². The summed E-state index contributed by atoms with van der Waals surface area (Å²) >= 11 is 0. The molecule has 0 aliphatic carbocycles. The molecule has 0 heterocycles. The summed E-state index contributed by atoms with van der Waals surface area (Å²) in [5, 5.41) is 1.80. The molecule has 0 aliphatic heterocycles. The Morgan fingerprint density at radius 3 is 2.05 bits per heavy atom. The third-order valence-corrected chi connectivity index (χ3v) is 2.86. The van der Waals surface area contributed by atoms with Gasteiger partial charge in [0.15, 0.2) is 0 Å². The predicted octanol–water partition coefficient (Wildman–Crippen LogP) is 4.09. The van der Waals surface area contributed by atoms with E-state index in [1.165, 1.54) is 0 Å². The summed E-state index contributed by atoms with van der Waals surface area (Å²) in [4.78, 5) is 11.3. The molecule has 118 valence electrons. The van der Waals surface area contributed by atoms with Crippen molar-refractivity contribution >= 4 is 5.91 Å². The van der Waals surface area contributed by atoms with Gasteiger partial charge in [-0.25, -0.2) is 0 Å². The van der Waals surface area contributed by atoms with Gasteiger partial charge in [0.05, 0.1) is 6.04 Å². The van der Waals surface area contributed by atoms with Crippen molar-refractivity contribution in [3.8, 4) is 0 Å². The highest BCUT2D eigenvalue weighted by Gasteiger charge is 2.63. The third-order valence-electron chi connectivity index (χ3n) is 2.86. The van der Waals surface area contributed by atoms with Crippen LogP contribution in [0.15, 0.2) is 30.3 Å². The van der Waals surface area contributed by atoms with Crippen LogP contribution in [0, 0.1) is 5.92 Å². The molecule has 7 heteroatoms. The zero-order valence-corrected chi connectivity index (χ0v) is 11.5. The summed E-state index contributed by atoms with van der Waals surface area (Å²) in [5.41, 5.74) is 0.484. The van der Waals surface area contributed by atoms with Crippen LogP contribution >= 0.6 is 0 Å². The molecule has 0 spiro atoms. The molecule has 0 saturated carbocycles. The van der Waals surface area contributed by atoms with E-state index in [9.17, 15) is 26.7 Å². The van der Waals surface area contributed by atoms with Gasteiger partial charge in [-0.15, -0.1) is 0 Å². The largest absolute Gasteiger partial charge is 0.463 e. The van der Waals surface area contributed by atoms with E-state index in [4.69, 9.17) is 0 Å². The van der Waals surface area contributed by atoms with E-state index >= 15 is 0 Å². The topological polar surface area (TPSA) is 29.1 Å². The summed E-state index contributed by atoms with van der Waals surface area (Å²) in [6.07, 6.45) is -5.65. The van der Waals surface area contributed by atoms with Crippen LogP contribution in [0.3, 0.4) is 0 Å². The highest BCUT2D eigenvalue weighted by molar-refractivity contribution is 5.84. The molecule has 1 amide bonds. The Balaban J connectivity index is 2.95. The summed E-state index contributed by atoms with van der Waals surface area (Å²) in [6.45, 7) is 3.56. The number of hydrogen-bond donors (Lipinski definition) is 1. The van der Waals surface area contributed by atoms with Crippen LogP contribution < -0.4 is 5.32 Å². The molecular formula is C14H16F5NO. The molecule has 0 radical (unpaired) electrons. The number of carbonyl (C=O) groups excluding carboxylic acids is 1. The van der Waals surface area contributed by atoms with Gasteiger partial charge in [0, 0.05) is 0 Å². The molecule has 1 atom stereocenters. The number of amides is 1. The van der Waals surface area contributed by atoms with E-state index in [1.807, 2.05) is 0 Å². The number of nitrogens with one attached hydrogen (secondary N) is 1. The van der Waals surface area contributed by atoms with E-state index < -0.39 is 24.0 Å². The second-order valence-corrected chi connectivity index (χ2v) is 5.14. The first kappa shape index (κ1) is 17.4. The Kier molecular flexibility index (Phi) is 5.31. The van der Waals surface area contributed by atoms with Crippen LogP contribution in [0.2, 0.25) is 0 Å². The van der Waals surface area contributed by atoms with Crippen LogP contribution in [0.25, 0.3) is 0 Å². The number of benzene rings is 1. The molecule has 2 nitrogen and oxygen atoms in total. The van der Waals surface area contributed by atoms with Crippen molar-refractivity contribution in [2.24, 2.45) is 5.92 Å². The van der Waals surface area contributed by atoms with Crippen molar-refractivity contribution in [2.75, 3.05) is 0 Å². The minimum Gasteiger partial charge on any atom is -0.344 e. The van der Waals surface area contributed by atoms with E-state index in [2.05, 4.69) is 0 Å². The minimum atomic E-state index is -5.91. The van der Waals surface area contributed by atoms with Crippen molar-refractivity contribution in [1.82, 2.24) is 5.32 Å². The smallest absolute Gasteiger partial charge is 0.344 e. The second-order valence-electron chi connectivity index (χ2n) is 5.14. The van der Waals surface area contributed by atoms with Gasteiger partial charge in [0.1, 0.15) is 0 Å². The normalized spacial score (nSPS) is 14.1. The number of alkyl halides is 5. The maximum atomic E-state index is 13.0. The van der Waals surface area contributed by atoms with Crippen molar-refractivity contribution in [1.29, 1.82) is 0 Å². The van der Waals surface area contributed by atoms with Crippen LogP contribution in [0.4, 0.5) is 22.0 Å². The first-order valence-corrected chi connectivity index (χ1v) is 6.36. The van der Waals surface area contributed by atoms with Crippen molar-refractivity contribution < 1.29 is 26.7 Å². The third kappa shape index (κ3) is 4.41. The highest BCUT2D eigenvalue weighted by Crippen LogP contribution is 2.36. The minimum absolute atomic E-state index is 0.00927. The predicted molar refractivity (Wildman–Crippen MR) is 67.8 cm³/mol. The molecule has 0 fully saturated rings. The molecule has 1 N–H and O–H groups in total. The van der Waals surface area contributed by atoms with Crippen molar-refractivity contribution in [3.05, 3.63) is 35.9 Å². The Bertz CT molecular complexity index is 470. The number of carbonyl (C=O) groups is 1. The molecule has 1 rings (SSSR count). The number of hydrogen-bond acceptors (Lipinski definition) is 1. The zero-order valence-electron chi connectivity index (χ0n) is 11.5. The average Bonchev–Trinajstić information content (AvgIpc) is 2.37. The Labute approximate surface area is 119 Å². The monoisotopic (exact) mass is 309 g/mol. The lowest BCUT2D eigenvalue weighted by atomic mass is 9.96. The molecule has 1 aromatic carbocycles. The standard InChI is InChI=1S/C14H16F5NO/c1-9(2)8-11(10-6-4-3-5-7-10)20-12(21)13(15,16)14(17,18)19/h3-7,9,11H,8H2,1-2H3,(H,20,21). The summed E-state index contributed by atoms with van der Waals surface area (Å²) < 4.78 is 62.6. The van der Waals surface area contributed by atoms with Crippen LogP contribution in [0.1, 0.15) is 31.9 Å². The fraction of sp³-hybridized carbons (Fsp3) is 0.500. The van der Waals surface area contributed by atoms with Crippen LogP contribution in [-0.4, -0.2) is 18.0 Å². The summed E-state index contributed by atoms with van der Waals surface area (Å²) in [5.74, 6) is -7.73. The van der Waals surface area contributed by atoms with Crippen molar-refractivity contribution in [3.63, 3.8) is 0 Å². The number of rotatable bonds is 5. The van der Waals surface area contributed by atoms with Gasteiger partial charge in [0.2, 0.25) is 0 Å². The van der Waals surface area contributed by atoms with E-state index in [-0.39, 0.29) is 12.3 Å².